The quantitative estimate of drug-likeness (QED) is 0.231. The summed E-state index contributed by atoms with van der Waals surface area (Å²) in [7, 11) is -1.41. The highest BCUT2D eigenvalue weighted by molar-refractivity contribution is 8.18. The molecule has 0 spiro atoms. The molecule has 3 heterocycles. The average molecular weight is 557 g/mol. The minimum Gasteiger partial charge on any atom is -0.395 e. The van der Waals surface area contributed by atoms with E-state index in [2.05, 4.69) is 15.5 Å². The summed E-state index contributed by atoms with van der Waals surface area (Å²) in [5, 5.41) is 55.8. The summed E-state index contributed by atoms with van der Waals surface area (Å²) < 4.78 is 47.3. The first-order valence-electron chi connectivity index (χ1n) is 12.6. The predicted octanol–water partition coefficient (Wildman–Crippen LogP) is 2.73. The van der Waals surface area contributed by atoms with E-state index in [4.69, 9.17) is 4.52 Å². The number of thiol groups is 1. The second kappa shape index (κ2) is 10.6. The topological polar surface area (TPSA) is 138 Å². The molecule has 208 valence electrons. The van der Waals surface area contributed by atoms with Crippen LogP contribution in [-0.2, 0) is 0 Å². The first kappa shape index (κ1) is 27.1. The van der Waals surface area contributed by atoms with Crippen molar-refractivity contribution in [2.45, 2.75) is 73.4 Å². The van der Waals surface area contributed by atoms with Crippen LogP contribution in [-0.4, -0.2) is 76.0 Å². The van der Waals surface area contributed by atoms with Gasteiger partial charge in [0.05, 0.1) is 35.9 Å². The third-order valence-corrected chi connectivity index (χ3v) is 11.4. The lowest BCUT2D eigenvalue weighted by atomic mass is 9.81. The lowest BCUT2D eigenvalue weighted by molar-refractivity contribution is -0.00836. The molecule has 2 aromatic heterocycles. The molecule has 2 fully saturated rings. The minimum absolute atomic E-state index is 0.0169. The Labute approximate surface area is 219 Å². The molecule has 0 bridgehead atoms. The number of aliphatic hydroxyl groups excluding tert-OH is 3. The monoisotopic (exact) mass is 556 g/mol. The Hall–Kier alpha value is -2.45. The lowest BCUT2D eigenvalue weighted by Gasteiger charge is -2.52. The summed E-state index contributed by atoms with van der Waals surface area (Å²) in [4.78, 5) is 0. The SMILES string of the molecule is Cc1conc1[C@@H]([SH]1C[C@H](O)[C@H](n2cc(-c3cc(F)c(F)c(F)c3)nn2)[C@@H](O)[C@H]1CO)C1(O)CCCCC1. The van der Waals surface area contributed by atoms with E-state index in [0.29, 0.717) is 18.5 Å². The van der Waals surface area contributed by atoms with Crippen molar-refractivity contribution in [2.24, 2.45) is 0 Å². The van der Waals surface area contributed by atoms with E-state index in [1.165, 1.54) is 17.1 Å². The van der Waals surface area contributed by atoms with Crippen LogP contribution in [0.4, 0.5) is 13.2 Å². The fourth-order valence-corrected chi connectivity index (χ4v) is 9.66. The molecule has 0 radical (unpaired) electrons. The molecular weight excluding hydrogens is 525 g/mol. The van der Waals surface area contributed by atoms with E-state index < -0.39 is 69.3 Å². The number of rotatable bonds is 6. The molecule has 1 saturated heterocycles. The summed E-state index contributed by atoms with van der Waals surface area (Å²) in [5.41, 5.74) is 0.152. The van der Waals surface area contributed by atoms with Crippen LogP contribution in [0.2, 0.25) is 0 Å². The van der Waals surface area contributed by atoms with Crippen molar-refractivity contribution < 1.29 is 38.1 Å². The first-order chi connectivity index (χ1) is 18.1. The zero-order valence-electron chi connectivity index (χ0n) is 20.7. The molecular formula is C25H31F3N4O5S. The molecule has 1 aliphatic carbocycles. The van der Waals surface area contributed by atoms with Crippen LogP contribution in [0.5, 0.6) is 0 Å². The maximum atomic E-state index is 13.7. The van der Waals surface area contributed by atoms with Crippen molar-refractivity contribution in [3.05, 3.63) is 53.3 Å². The molecule has 1 aromatic carbocycles. The number of aliphatic hydroxyl groups is 4. The van der Waals surface area contributed by atoms with E-state index in [0.717, 1.165) is 37.0 Å². The van der Waals surface area contributed by atoms with Crippen LogP contribution in [0, 0.1) is 24.4 Å². The molecule has 2 aliphatic rings. The Kier molecular flexibility index (Phi) is 7.57. The maximum Gasteiger partial charge on any atom is 0.194 e. The number of benzene rings is 1. The largest absolute Gasteiger partial charge is 0.395 e. The van der Waals surface area contributed by atoms with E-state index in [-0.39, 0.29) is 17.0 Å². The summed E-state index contributed by atoms with van der Waals surface area (Å²) in [6, 6.07) is 0.542. The molecule has 1 saturated carbocycles. The molecule has 1 unspecified atom stereocenters. The number of hydrogen-bond acceptors (Lipinski definition) is 8. The van der Waals surface area contributed by atoms with Gasteiger partial charge < -0.3 is 24.9 Å². The second-order valence-electron chi connectivity index (χ2n) is 10.3. The molecule has 38 heavy (non-hydrogen) atoms. The van der Waals surface area contributed by atoms with Crippen molar-refractivity contribution in [3.8, 4) is 11.3 Å². The third kappa shape index (κ3) is 4.75. The molecule has 0 amide bonds. The summed E-state index contributed by atoms with van der Waals surface area (Å²) >= 11 is 0. The lowest BCUT2D eigenvalue weighted by Crippen LogP contribution is -2.53. The van der Waals surface area contributed by atoms with Crippen molar-refractivity contribution >= 4 is 10.9 Å². The van der Waals surface area contributed by atoms with Gasteiger partial charge in [0.1, 0.15) is 23.7 Å². The summed E-state index contributed by atoms with van der Waals surface area (Å²) in [6.45, 7) is 1.42. The zero-order chi connectivity index (χ0) is 27.2. The van der Waals surface area contributed by atoms with Crippen molar-refractivity contribution in [2.75, 3.05) is 12.4 Å². The Morgan fingerprint density at radius 3 is 2.45 bits per heavy atom. The van der Waals surface area contributed by atoms with E-state index >= 15 is 0 Å². The van der Waals surface area contributed by atoms with Crippen molar-refractivity contribution in [1.29, 1.82) is 0 Å². The number of hydrogen-bond donors (Lipinski definition) is 5. The van der Waals surface area contributed by atoms with Crippen LogP contribution < -0.4 is 0 Å². The van der Waals surface area contributed by atoms with Crippen LogP contribution in [0.25, 0.3) is 11.3 Å². The second-order valence-corrected chi connectivity index (χ2v) is 12.9. The normalized spacial score (nSPS) is 29.3. The minimum atomic E-state index is -1.60. The van der Waals surface area contributed by atoms with E-state index in [1.807, 2.05) is 6.92 Å². The standard InChI is InChI=1S/C25H31F3N4O5S/c1-13-11-37-30-21(13)24(25(36)5-3-2-4-6-25)38-12-18(34)22(23(35)19(38)10-33)32-9-17(29-31-32)14-7-15(26)20(28)16(27)8-14/h7-9,11,18-19,22-24,33-36,38H,2-6,10,12H2,1H3/t18-,19+,22-,23-,24+/m0/s1. The average Bonchev–Trinajstić information content (AvgIpc) is 3.52. The van der Waals surface area contributed by atoms with E-state index in [9.17, 15) is 33.6 Å². The van der Waals surface area contributed by atoms with Crippen molar-refractivity contribution in [1.82, 2.24) is 20.2 Å². The third-order valence-electron chi connectivity index (χ3n) is 7.85. The summed E-state index contributed by atoms with van der Waals surface area (Å²) in [6.07, 6.45) is 4.10. The Morgan fingerprint density at radius 1 is 1.16 bits per heavy atom. The molecule has 6 atom stereocenters. The number of nitrogens with zero attached hydrogens (tertiary/aromatic N) is 4. The fraction of sp³-hybridized carbons (Fsp3) is 0.560. The van der Waals surface area contributed by atoms with Gasteiger partial charge in [0, 0.05) is 22.1 Å². The van der Waals surface area contributed by atoms with E-state index in [1.54, 1.807) is 0 Å². The molecule has 5 rings (SSSR count). The van der Waals surface area contributed by atoms with Gasteiger partial charge in [0.2, 0.25) is 0 Å². The molecule has 13 heteroatoms. The van der Waals surface area contributed by atoms with Gasteiger partial charge in [-0.15, -0.1) is 5.10 Å². The smallest absolute Gasteiger partial charge is 0.194 e. The van der Waals surface area contributed by atoms with Gasteiger partial charge in [0.15, 0.2) is 17.5 Å². The Morgan fingerprint density at radius 2 is 1.84 bits per heavy atom. The van der Waals surface area contributed by atoms with Gasteiger partial charge >= 0.3 is 0 Å². The van der Waals surface area contributed by atoms with Gasteiger partial charge in [-0.05, 0) is 31.9 Å². The number of aromatic nitrogens is 4. The number of halogens is 3. The summed E-state index contributed by atoms with van der Waals surface area (Å²) in [5.74, 6) is -4.20. The van der Waals surface area contributed by atoms with Crippen molar-refractivity contribution in [3.63, 3.8) is 0 Å². The number of aryl methyl sites for hydroxylation is 1. The van der Waals surface area contributed by atoms with Gasteiger partial charge in [-0.2, -0.15) is 0 Å². The van der Waals surface area contributed by atoms with Crippen LogP contribution in [0.1, 0.15) is 54.7 Å². The first-order valence-corrected chi connectivity index (χ1v) is 14.2. The van der Waals surface area contributed by atoms with Gasteiger partial charge in [-0.3, -0.25) is 0 Å². The predicted molar refractivity (Wildman–Crippen MR) is 133 cm³/mol. The zero-order valence-corrected chi connectivity index (χ0v) is 21.6. The van der Waals surface area contributed by atoms with Crippen LogP contribution in [0.3, 0.4) is 0 Å². The van der Waals surface area contributed by atoms with Gasteiger partial charge in [-0.1, -0.05) is 29.6 Å². The van der Waals surface area contributed by atoms with Crippen LogP contribution in [0.15, 0.2) is 29.1 Å². The van der Waals surface area contributed by atoms with Gasteiger partial charge in [-0.25, -0.2) is 28.7 Å². The highest BCUT2D eigenvalue weighted by Crippen LogP contribution is 2.60. The fourth-order valence-electron chi connectivity index (χ4n) is 5.93. The molecule has 9 nitrogen and oxygen atoms in total. The molecule has 1 aliphatic heterocycles. The highest BCUT2D eigenvalue weighted by Gasteiger charge is 2.52. The highest BCUT2D eigenvalue weighted by atomic mass is 32.2. The van der Waals surface area contributed by atoms with Gasteiger partial charge in [0.25, 0.3) is 0 Å². The van der Waals surface area contributed by atoms with Crippen LogP contribution >= 0.6 is 10.9 Å². The Balaban J connectivity index is 1.48. The molecule has 4 N–H and O–H groups in total. The Bertz CT molecular complexity index is 1260. The maximum absolute atomic E-state index is 13.7. The molecule has 3 aromatic rings.